The Morgan fingerprint density at radius 1 is 1.57 bits per heavy atom. The normalized spacial score (nSPS) is 11.1. The second kappa shape index (κ2) is 2.96. The average Bonchev–Trinajstić information content (AvgIpc) is 2.54. The van der Waals surface area contributed by atoms with Crippen molar-refractivity contribution in [3.63, 3.8) is 0 Å². The molecule has 2 aromatic rings. The Morgan fingerprint density at radius 3 is 2.71 bits per heavy atom. The quantitative estimate of drug-likeness (QED) is 0.818. The van der Waals surface area contributed by atoms with E-state index in [-0.39, 0.29) is 10.8 Å². The van der Waals surface area contributed by atoms with E-state index in [0.29, 0.717) is 4.96 Å². The molecule has 4 nitrogen and oxygen atoms in total. The first kappa shape index (κ1) is 9.48. The number of carboxylic acids is 1. The topological polar surface area (TPSA) is 54.6 Å². The van der Waals surface area contributed by atoms with Crippen LogP contribution in [0.15, 0.2) is 0 Å². The van der Waals surface area contributed by atoms with Gasteiger partial charge in [-0.3, -0.25) is 4.40 Å². The average molecular weight is 231 g/mol. The van der Waals surface area contributed by atoms with Crippen LogP contribution in [0.1, 0.15) is 21.1 Å². The lowest BCUT2D eigenvalue weighted by molar-refractivity contribution is 0.0691. The van der Waals surface area contributed by atoms with Gasteiger partial charge in [0, 0.05) is 10.6 Å². The summed E-state index contributed by atoms with van der Waals surface area (Å²) in [6, 6.07) is 0. The number of thiazole rings is 1. The molecule has 0 unspecified atom stereocenters. The minimum absolute atomic E-state index is 0.0824. The summed E-state index contributed by atoms with van der Waals surface area (Å²) in [5.74, 6) is -1.09. The van der Waals surface area contributed by atoms with Crippen molar-refractivity contribution >= 4 is 33.9 Å². The van der Waals surface area contributed by atoms with Crippen LogP contribution in [0.2, 0.25) is 5.15 Å². The number of aromatic carboxylic acids is 1. The largest absolute Gasteiger partial charge is 0.476 e. The van der Waals surface area contributed by atoms with Crippen LogP contribution in [-0.2, 0) is 0 Å². The molecule has 0 saturated heterocycles. The molecule has 1 N–H and O–H groups in total. The van der Waals surface area contributed by atoms with Crippen molar-refractivity contribution in [3.8, 4) is 0 Å². The highest BCUT2D eigenvalue weighted by Crippen LogP contribution is 2.27. The number of carboxylic acid groups (broad SMARTS) is 1. The van der Waals surface area contributed by atoms with E-state index in [0.717, 1.165) is 10.6 Å². The molecular formula is C8H7ClN2O2S. The predicted molar refractivity (Wildman–Crippen MR) is 54.5 cm³/mol. The maximum absolute atomic E-state index is 10.7. The number of rotatable bonds is 1. The zero-order chi connectivity index (χ0) is 10.5. The fraction of sp³-hybridized carbons (Fsp3) is 0.250. The van der Waals surface area contributed by atoms with Crippen LogP contribution in [-0.4, -0.2) is 20.5 Å². The third-order valence-electron chi connectivity index (χ3n) is 2.08. The van der Waals surface area contributed by atoms with Crippen LogP contribution in [0, 0.1) is 13.8 Å². The Bertz CT molecular complexity index is 529. The Morgan fingerprint density at radius 2 is 2.21 bits per heavy atom. The molecule has 2 rings (SSSR count). The molecule has 0 saturated carbocycles. The molecule has 0 spiro atoms. The van der Waals surface area contributed by atoms with E-state index in [2.05, 4.69) is 4.98 Å². The van der Waals surface area contributed by atoms with E-state index >= 15 is 0 Å². The van der Waals surface area contributed by atoms with Gasteiger partial charge in [0.15, 0.2) is 10.7 Å². The highest BCUT2D eigenvalue weighted by Gasteiger charge is 2.19. The zero-order valence-corrected chi connectivity index (χ0v) is 9.11. The summed E-state index contributed by atoms with van der Waals surface area (Å²) in [5.41, 5.74) is 0.857. The SMILES string of the molecule is Cc1sc2nc(C(=O)O)c(Cl)n2c1C. The lowest BCUT2D eigenvalue weighted by Crippen LogP contribution is -1.97. The van der Waals surface area contributed by atoms with Crippen molar-refractivity contribution in [2.75, 3.05) is 0 Å². The van der Waals surface area contributed by atoms with Gasteiger partial charge in [-0.05, 0) is 13.8 Å². The molecular weight excluding hydrogens is 224 g/mol. The van der Waals surface area contributed by atoms with Crippen LogP contribution < -0.4 is 0 Å². The summed E-state index contributed by atoms with van der Waals surface area (Å²) in [5, 5.41) is 8.96. The number of aromatic nitrogens is 2. The number of carbonyl (C=O) groups is 1. The van der Waals surface area contributed by atoms with E-state index in [4.69, 9.17) is 16.7 Å². The summed E-state index contributed by atoms with van der Waals surface area (Å²) in [6.07, 6.45) is 0. The maximum atomic E-state index is 10.7. The standard InChI is InChI=1S/C8H7ClN2O2S/c1-3-4(2)14-8-10-5(7(12)13)6(9)11(3)8/h1-2H3,(H,12,13). The number of fused-ring (bicyclic) bond motifs is 1. The molecule has 74 valence electrons. The lowest BCUT2D eigenvalue weighted by atomic mass is 10.4. The molecule has 0 aliphatic heterocycles. The molecule has 0 bridgehead atoms. The van der Waals surface area contributed by atoms with Crippen molar-refractivity contribution in [3.05, 3.63) is 21.4 Å². The summed E-state index contributed by atoms with van der Waals surface area (Å²) >= 11 is 7.33. The van der Waals surface area contributed by atoms with Gasteiger partial charge in [-0.2, -0.15) is 0 Å². The van der Waals surface area contributed by atoms with Gasteiger partial charge in [-0.15, -0.1) is 11.3 Å². The van der Waals surface area contributed by atoms with Crippen molar-refractivity contribution in [2.45, 2.75) is 13.8 Å². The molecule has 6 heteroatoms. The fourth-order valence-electron chi connectivity index (χ4n) is 1.25. The number of halogens is 1. The number of nitrogens with zero attached hydrogens (tertiary/aromatic N) is 2. The third kappa shape index (κ3) is 1.13. The molecule has 0 aromatic carbocycles. The summed E-state index contributed by atoms with van der Waals surface area (Å²) < 4.78 is 1.66. The number of aryl methyl sites for hydroxylation is 2. The van der Waals surface area contributed by atoms with Crippen LogP contribution >= 0.6 is 22.9 Å². The molecule has 0 aliphatic carbocycles. The van der Waals surface area contributed by atoms with Gasteiger partial charge in [-0.25, -0.2) is 9.78 Å². The first-order valence-corrected chi connectivity index (χ1v) is 5.09. The highest BCUT2D eigenvalue weighted by molar-refractivity contribution is 7.17. The van der Waals surface area contributed by atoms with Gasteiger partial charge in [-0.1, -0.05) is 11.6 Å². The van der Waals surface area contributed by atoms with Crippen molar-refractivity contribution in [2.24, 2.45) is 0 Å². The van der Waals surface area contributed by atoms with Gasteiger partial charge in [0.25, 0.3) is 0 Å². The second-order valence-electron chi connectivity index (χ2n) is 2.92. The van der Waals surface area contributed by atoms with E-state index in [1.165, 1.54) is 11.3 Å². The van der Waals surface area contributed by atoms with Gasteiger partial charge in [0.2, 0.25) is 0 Å². The van der Waals surface area contributed by atoms with Gasteiger partial charge in [0.05, 0.1) is 0 Å². The predicted octanol–water partition coefficient (Wildman–Crippen LogP) is 2.36. The monoisotopic (exact) mass is 230 g/mol. The smallest absolute Gasteiger partial charge is 0.357 e. The van der Waals surface area contributed by atoms with Crippen molar-refractivity contribution in [1.29, 1.82) is 0 Å². The first-order valence-electron chi connectivity index (χ1n) is 3.89. The van der Waals surface area contributed by atoms with E-state index in [1.807, 2.05) is 13.8 Å². The Balaban J connectivity index is 2.84. The molecule has 0 atom stereocenters. The zero-order valence-electron chi connectivity index (χ0n) is 7.54. The Labute approximate surface area is 88.8 Å². The Hall–Kier alpha value is -1.07. The number of hydrogen-bond donors (Lipinski definition) is 1. The second-order valence-corrected chi connectivity index (χ2v) is 4.46. The maximum Gasteiger partial charge on any atom is 0.357 e. The fourth-order valence-corrected chi connectivity index (χ4v) is 2.59. The summed E-state index contributed by atoms with van der Waals surface area (Å²) in [6.45, 7) is 3.84. The van der Waals surface area contributed by atoms with Gasteiger partial charge < -0.3 is 5.11 Å². The molecule has 0 amide bonds. The summed E-state index contributed by atoms with van der Waals surface area (Å²) in [7, 11) is 0. The highest BCUT2D eigenvalue weighted by atomic mass is 35.5. The van der Waals surface area contributed by atoms with E-state index < -0.39 is 5.97 Å². The molecule has 2 aromatic heterocycles. The van der Waals surface area contributed by atoms with Crippen molar-refractivity contribution < 1.29 is 9.90 Å². The minimum atomic E-state index is -1.09. The van der Waals surface area contributed by atoms with Crippen LogP contribution in [0.25, 0.3) is 4.96 Å². The third-order valence-corrected chi connectivity index (χ3v) is 3.49. The number of imidazole rings is 1. The van der Waals surface area contributed by atoms with Gasteiger partial charge in [0.1, 0.15) is 5.15 Å². The first-order chi connectivity index (χ1) is 6.52. The Kier molecular flexibility index (Phi) is 2.01. The molecule has 0 radical (unpaired) electrons. The van der Waals surface area contributed by atoms with Crippen LogP contribution in [0.3, 0.4) is 0 Å². The molecule has 2 heterocycles. The molecule has 14 heavy (non-hydrogen) atoms. The summed E-state index contributed by atoms with van der Waals surface area (Å²) in [4.78, 5) is 16.4. The van der Waals surface area contributed by atoms with E-state index in [9.17, 15) is 4.79 Å². The van der Waals surface area contributed by atoms with Crippen molar-refractivity contribution in [1.82, 2.24) is 9.38 Å². The van der Waals surface area contributed by atoms with Crippen LogP contribution in [0.5, 0.6) is 0 Å². The number of hydrogen-bond acceptors (Lipinski definition) is 3. The minimum Gasteiger partial charge on any atom is -0.476 e. The van der Waals surface area contributed by atoms with Gasteiger partial charge >= 0.3 is 5.97 Å². The molecule has 0 aliphatic rings. The molecule has 0 fully saturated rings. The van der Waals surface area contributed by atoms with E-state index in [1.54, 1.807) is 4.40 Å². The lowest BCUT2D eigenvalue weighted by Gasteiger charge is -1.93. The van der Waals surface area contributed by atoms with Crippen LogP contribution in [0.4, 0.5) is 0 Å².